The van der Waals surface area contributed by atoms with Crippen LogP contribution in [-0.2, 0) is 4.79 Å². The van der Waals surface area contributed by atoms with Crippen LogP contribution in [-0.4, -0.2) is 40.2 Å². The first-order valence-electron chi connectivity index (χ1n) is 5.72. The molecular weight excluding hydrogens is 234 g/mol. The van der Waals surface area contributed by atoms with E-state index in [2.05, 4.69) is 9.97 Å². The maximum Gasteiger partial charge on any atom is 0.328 e. The lowest BCUT2D eigenvalue weighted by Crippen LogP contribution is -2.51. The highest BCUT2D eigenvalue weighted by Gasteiger charge is 2.35. The number of carboxylic acids is 1. The van der Waals surface area contributed by atoms with Crippen molar-refractivity contribution in [2.45, 2.75) is 33.2 Å². The molecule has 0 saturated carbocycles. The molecule has 0 fully saturated rings. The molecule has 100 valence electrons. The third-order valence-electron chi connectivity index (χ3n) is 2.97. The normalized spacial score (nSPS) is 11.2. The van der Waals surface area contributed by atoms with Gasteiger partial charge in [0.15, 0.2) is 0 Å². The first-order valence-corrected chi connectivity index (χ1v) is 5.72. The van der Waals surface area contributed by atoms with Crippen LogP contribution in [0.15, 0.2) is 6.33 Å². The van der Waals surface area contributed by atoms with Gasteiger partial charge in [-0.2, -0.15) is 0 Å². The van der Waals surface area contributed by atoms with Gasteiger partial charge in [0.05, 0.1) is 12.7 Å². The first kappa shape index (κ1) is 14.2. The number of ether oxygens (including phenoxy) is 1. The van der Waals surface area contributed by atoms with Crippen molar-refractivity contribution in [2.75, 3.05) is 18.6 Å². The second-order valence-electron chi connectivity index (χ2n) is 4.44. The molecule has 1 N–H and O–H groups in total. The van der Waals surface area contributed by atoms with Crippen molar-refractivity contribution in [3.8, 4) is 5.88 Å². The second kappa shape index (κ2) is 5.20. The van der Waals surface area contributed by atoms with Crippen molar-refractivity contribution in [2.24, 2.45) is 0 Å². The predicted octanol–water partition coefficient (Wildman–Crippen LogP) is 1.48. The molecule has 6 nitrogen and oxygen atoms in total. The van der Waals surface area contributed by atoms with Gasteiger partial charge in [-0.15, -0.1) is 0 Å². The topological polar surface area (TPSA) is 75.5 Å². The van der Waals surface area contributed by atoms with Crippen molar-refractivity contribution in [1.29, 1.82) is 0 Å². The summed E-state index contributed by atoms with van der Waals surface area (Å²) in [6.07, 6.45) is 1.38. The zero-order chi connectivity index (χ0) is 13.9. The van der Waals surface area contributed by atoms with Crippen molar-refractivity contribution >= 4 is 11.8 Å². The average molecular weight is 253 g/mol. The van der Waals surface area contributed by atoms with E-state index in [0.717, 1.165) is 5.56 Å². The Morgan fingerprint density at radius 2 is 2.11 bits per heavy atom. The monoisotopic (exact) mass is 253 g/mol. The van der Waals surface area contributed by atoms with E-state index in [9.17, 15) is 9.90 Å². The molecule has 1 aromatic heterocycles. The zero-order valence-electron chi connectivity index (χ0n) is 11.4. The molecular formula is C12H19N3O3. The fourth-order valence-electron chi connectivity index (χ4n) is 1.83. The van der Waals surface area contributed by atoms with Crippen molar-refractivity contribution in [1.82, 2.24) is 9.97 Å². The van der Waals surface area contributed by atoms with E-state index < -0.39 is 11.5 Å². The summed E-state index contributed by atoms with van der Waals surface area (Å²) >= 11 is 0. The summed E-state index contributed by atoms with van der Waals surface area (Å²) in [6, 6.07) is 0. The van der Waals surface area contributed by atoms with Crippen molar-refractivity contribution < 1.29 is 14.6 Å². The maximum absolute atomic E-state index is 11.3. The standard InChI is InChI=1S/C12H19N3O3/c1-6-15(12(3,4)11(16)17)9-8(2)10(18-5)14-7-13-9/h7H,6H2,1-5H3,(H,16,17). The Balaban J connectivity index is 3.30. The highest BCUT2D eigenvalue weighted by atomic mass is 16.5. The van der Waals surface area contributed by atoms with Gasteiger partial charge in [-0.05, 0) is 27.7 Å². The lowest BCUT2D eigenvalue weighted by Gasteiger charge is -2.36. The quantitative estimate of drug-likeness (QED) is 0.856. The molecule has 18 heavy (non-hydrogen) atoms. The van der Waals surface area contributed by atoms with E-state index in [4.69, 9.17) is 4.74 Å². The van der Waals surface area contributed by atoms with Gasteiger partial charge < -0.3 is 14.7 Å². The molecule has 0 aliphatic heterocycles. The van der Waals surface area contributed by atoms with Gasteiger partial charge in [0.25, 0.3) is 0 Å². The van der Waals surface area contributed by atoms with Gasteiger partial charge in [0.2, 0.25) is 5.88 Å². The van der Waals surface area contributed by atoms with Gasteiger partial charge in [-0.3, -0.25) is 0 Å². The summed E-state index contributed by atoms with van der Waals surface area (Å²) in [5, 5.41) is 9.31. The number of hydrogen-bond acceptors (Lipinski definition) is 5. The number of carboxylic acid groups (broad SMARTS) is 1. The first-order chi connectivity index (χ1) is 8.36. The smallest absolute Gasteiger partial charge is 0.328 e. The summed E-state index contributed by atoms with van der Waals surface area (Å²) in [7, 11) is 1.53. The van der Waals surface area contributed by atoms with Crippen LogP contribution in [0.3, 0.4) is 0 Å². The Kier molecular flexibility index (Phi) is 4.11. The number of aliphatic carboxylic acids is 1. The lowest BCUT2D eigenvalue weighted by atomic mass is 10.0. The predicted molar refractivity (Wildman–Crippen MR) is 68.1 cm³/mol. The Hall–Kier alpha value is -1.85. The van der Waals surface area contributed by atoms with Crippen LogP contribution in [0, 0.1) is 6.92 Å². The van der Waals surface area contributed by atoms with E-state index in [1.165, 1.54) is 13.4 Å². The van der Waals surface area contributed by atoms with Crippen LogP contribution in [0.1, 0.15) is 26.3 Å². The van der Waals surface area contributed by atoms with Crippen LogP contribution in [0.4, 0.5) is 5.82 Å². The minimum Gasteiger partial charge on any atom is -0.481 e. The largest absolute Gasteiger partial charge is 0.481 e. The van der Waals surface area contributed by atoms with E-state index in [0.29, 0.717) is 18.2 Å². The fraction of sp³-hybridized carbons (Fsp3) is 0.583. The highest BCUT2D eigenvalue weighted by Crippen LogP contribution is 2.28. The minimum absolute atomic E-state index is 0.458. The number of rotatable bonds is 5. The molecule has 0 bridgehead atoms. The molecule has 1 aromatic rings. The molecule has 0 atom stereocenters. The Morgan fingerprint density at radius 1 is 1.50 bits per heavy atom. The summed E-state index contributed by atoms with van der Waals surface area (Å²) in [4.78, 5) is 21.2. The number of methoxy groups -OCH3 is 1. The maximum atomic E-state index is 11.3. The van der Waals surface area contributed by atoms with E-state index >= 15 is 0 Å². The molecule has 0 aliphatic rings. The van der Waals surface area contributed by atoms with Gasteiger partial charge in [0, 0.05) is 6.54 Å². The second-order valence-corrected chi connectivity index (χ2v) is 4.44. The summed E-state index contributed by atoms with van der Waals surface area (Å²) in [5.74, 6) is 0.137. The van der Waals surface area contributed by atoms with Crippen molar-refractivity contribution in [3.63, 3.8) is 0 Å². The van der Waals surface area contributed by atoms with Gasteiger partial charge in [-0.1, -0.05) is 0 Å². The van der Waals surface area contributed by atoms with Gasteiger partial charge in [-0.25, -0.2) is 14.8 Å². The van der Waals surface area contributed by atoms with E-state index in [-0.39, 0.29) is 0 Å². The SMILES string of the molecule is CCN(c1ncnc(OC)c1C)C(C)(C)C(=O)O. The number of hydrogen-bond donors (Lipinski definition) is 1. The number of carbonyl (C=O) groups is 1. The van der Waals surface area contributed by atoms with E-state index in [1.54, 1.807) is 18.7 Å². The van der Waals surface area contributed by atoms with Crippen LogP contribution < -0.4 is 9.64 Å². The van der Waals surface area contributed by atoms with Gasteiger partial charge >= 0.3 is 5.97 Å². The van der Waals surface area contributed by atoms with Crippen molar-refractivity contribution in [3.05, 3.63) is 11.9 Å². The molecule has 0 saturated heterocycles. The number of likely N-dealkylation sites (N-methyl/N-ethyl adjacent to an activating group) is 1. The van der Waals surface area contributed by atoms with Crippen LogP contribution in [0.5, 0.6) is 5.88 Å². The average Bonchev–Trinajstić information content (AvgIpc) is 2.31. The molecule has 0 aromatic carbocycles. The molecule has 0 aliphatic carbocycles. The molecule has 6 heteroatoms. The minimum atomic E-state index is -1.04. The third-order valence-corrected chi connectivity index (χ3v) is 2.97. The Labute approximate surface area is 107 Å². The molecule has 0 amide bonds. The van der Waals surface area contributed by atoms with Gasteiger partial charge in [0.1, 0.15) is 17.7 Å². The molecule has 0 spiro atoms. The van der Waals surface area contributed by atoms with Crippen LogP contribution in [0.25, 0.3) is 0 Å². The number of aromatic nitrogens is 2. The molecule has 0 radical (unpaired) electrons. The number of nitrogens with zero attached hydrogens (tertiary/aromatic N) is 3. The third kappa shape index (κ3) is 2.37. The molecule has 1 rings (SSSR count). The van der Waals surface area contributed by atoms with Crippen LogP contribution in [0.2, 0.25) is 0 Å². The highest BCUT2D eigenvalue weighted by molar-refractivity contribution is 5.82. The molecule has 1 heterocycles. The summed E-state index contributed by atoms with van der Waals surface area (Å²) in [6.45, 7) is 7.52. The number of anilines is 1. The summed E-state index contributed by atoms with van der Waals surface area (Å²) < 4.78 is 5.13. The zero-order valence-corrected chi connectivity index (χ0v) is 11.4. The van der Waals surface area contributed by atoms with E-state index in [1.807, 2.05) is 13.8 Å². The Morgan fingerprint density at radius 3 is 2.56 bits per heavy atom. The summed E-state index contributed by atoms with van der Waals surface area (Å²) in [5.41, 5.74) is -0.310. The Bertz CT molecular complexity index is 446. The fourth-order valence-corrected chi connectivity index (χ4v) is 1.83. The lowest BCUT2D eigenvalue weighted by molar-refractivity contribution is -0.142. The van der Waals surface area contributed by atoms with Crippen LogP contribution >= 0.6 is 0 Å². The molecule has 0 unspecified atom stereocenters.